The second kappa shape index (κ2) is 9.63. The second-order valence-electron chi connectivity index (χ2n) is 6.16. The predicted molar refractivity (Wildman–Crippen MR) is 116 cm³/mol. The summed E-state index contributed by atoms with van der Waals surface area (Å²) in [5, 5.41) is 3.77. The van der Waals surface area contributed by atoms with Crippen LogP contribution in [0.4, 0.5) is 0 Å². The van der Waals surface area contributed by atoms with Crippen LogP contribution in [-0.2, 0) is 20.1 Å². The molecule has 0 aliphatic rings. The lowest BCUT2D eigenvalue weighted by Gasteiger charge is -2.12. The lowest BCUT2D eigenvalue weighted by atomic mass is 10.2. The van der Waals surface area contributed by atoms with Gasteiger partial charge in [-0.15, -0.1) is 0 Å². The number of hydrogen-bond acceptors (Lipinski definition) is 7. The van der Waals surface area contributed by atoms with E-state index < -0.39 is 20.1 Å². The van der Waals surface area contributed by atoms with E-state index in [0.717, 1.165) is 0 Å². The summed E-state index contributed by atoms with van der Waals surface area (Å²) in [4.78, 5) is 2.22. The van der Waals surface area contributed by atoms with E-state index in [0.29, 0.717) is 5.56 Å². The number of nitrogens with zero attached hydrogens (tertiary/aromatic N) is 1. The highest BCUT2D eigenvalue weighted by Crippen LogP contribution is 2.30. The van der Waals surface area contributed by atoms with Gasteiger partial charge >= 0.3 is 10.1 Å². The molecule has 0 saturated heterocycles. The van der Waals surface area contributed by atoms with Crippen LogP contribution < -0.4 is 13.8 Å². The minimum atomic E-state index is -4.04. The van der Waals surface area contributed by atoms with Crippen LogP contribution in [0.5, 0.6) is 11.5 Å². The lowest BCUT2D eigenvalue weighted by Crippen LogP contribution is -2.18. The van der Waals surface area contributed by atoms with Gasteiger partial charge in [0.25, 0.3) is 10.0 Å². The first-order chi connectivity index (χ1) is 14.8. The Bertz CT molecular complexity index is 1260. The average molecular weight is 461 g/mol. The van der Waals surface area contributed by atoms with Gasteiger partial charge in [0.05, 0.1) is 17.7 Å². The van der Waals surface area contributed by atoms with E-state index in [1.165, 1.54) is 48.7 Å². The molecule has 0 aliphatic heterocycles. The van der Waals surface area contributed by atoms with Gasteiger partial charge in [0.1, 0.15) is 4.90 Å². The summed E-state index contributed by atoms with van der Waals surface area (Å²) >= 11 is 0. The molecule has 0 amide bonds. The van der Waals surface area contributed by atoms with Crippen molar-refractivity contribution in [2.24, 2.45) is 5.10 Å². The van der Waals surface area contributed by atoms with Crippen LogP contribution in [0.3, 0.4) is 0 Å². The molecule has 0 atom stereocenters. The molecule has 0 aromatic heterocycles. The van der Waals surface area contributed by atoms with Gasteiger partial charge in [0.15, 0.2) is 11.5 Å². The van der Waals surface area contributed by atoms with Crippen molar-refractivity contribution in [3.8, 4) is 11.5 Å². The van der Waals surface area contributed by atoms with Crippen LogP contribution in [0, 0.1) is 0 Å². The van der Waals surface area contributed by atoms with Crippen molar-refractivity contribution in [1.82, 2.24) is 4.83 Å². The Labute approximate surface area is 181 Å². The van der Waals surface area contributed by atoms with Gasteiger partial charge in [-0.1, -0.05) is 36.4 Å². The molecule has 3 rings (SSSR count). The van der Waals surface area contributed by atoms with Crippen molar-refractivity contribution < 1.29 is 25.8 Å². The van der Waals surface area contributed by atoms with Gasteiger partial charge in [0, 0.05) is 0 Å². The third-order valence-corrected chi connectivity index (χ3v) is 6.43. The number of ether oxygens (including phenoxy) is 1. The maximum atomic E-state index is 12.5. The van der Waals surface area contributed by atoms with Crippen LogP contribution in [0.25, 0.3) is 0 Å². The second-order valence-corrected chi connectivity index (χ2v) is 9.36. The largest absolute Gasteiger partial charge is 0.490 e. The molecule has 162 valence electrons. The number of sulfonamides is 1. The molecule has 0 aliphatic carbocycles. The summed E-state index contributed by atoms with van der Waals surface area (Å²) in [6.45, 7) is 2.01. The maximum Gasteiger partial charge on any atom is 0.339 e. The van der Waals surface area contributed by atoms with Crippen LogP contribution in [0.2, 0.25) is 0 Å². The SMILES string of the molecule is CCOc1cc(/C=N\NS(=O)(=O)c2ccccc2)ccc1OS(=O)(=O)c1ccccc1. The molecular formula is C21H20N2O6S2. The summed E-state index contributed by atoms with van der Waals surface area (Å²) in [5.41, 5.74) is 0.476. The zero-order valence-electron chi connectivity index (χ0n) is 16.5. The fourth-order valence-electron chi connectivity index (χ4n) is 2.52. The molecule has 3 aromatic rings. The molecule has 10 heteroatoms. The zero-order chi connectivity index (χ0) is 22.3. The Morgan fingerprint density at radius 1 is 0.839 bits per heavy atom. The molecular weight excluding hydrogens is 440 g/mol. The fraction of sp³-hybridized carbons (Fsp3) is 0.0952. The summed E-state index contributed by atoms with van der Waals surface area (Å²) in [5.74, 6) is 0.185. The number of hydrogen-bond donors (Lipinski definition) is 1. The molecule has 0 fully saturated rings. The number of rotatable bonds is 9. The standard InChI is InChI=1S/C21H20N2O6S2/c1-2-28-21-15-17(16-22-23-30(24,25)18-9-5-3-6-10-18)13-14-20(21)29-31(26,27)19-11-7-4-8-12-19/h3-16,23H,2H2,1H3/b22-16-. The lowest BCUT2D eigenvalue weighted by molar-refractivity contribution is 0.327. The van der Waals surface area contributed by atoms with Crippen molar-refractivity contribution in [3.63, 3.8) is 0 Å². The van der Waals surface area contributed by atoms with E-state index in [-0.39, 0.29) is 27.9 Å². The number of benzene rings is 3. The van der Waals surface area contributed by atoms with Gasteiger partial charge in [-0.2, -0.15) is 21.9 Å². The highest BCUT2D eigenvalue weighted by atomic mass is 32.2. The van der Waals surface area contributed by atoms with Crippen LogP contribution in [0.15, 0.2) is 93.8 Å². The zero-order valence-corrected chi connectivity index (χ0v) is 18.1. The van der Waals surface area contributed by atoms with E-state index >= 15 is 0 Å². The predicted octanol–water partition coefficient (Wildman–Crippen LogP) is 3.17. The van der Waals surface area contributed by atoms with Crippen molar-refractivity contribution in [1.29, 1.82) is 0 Å². The highest BCUT2D eigenvalue weighted by molar-refractivity contribution is 7.89. The first kappa shape index (κ1) is 22.3. The van der Waals surface area contributed by atoms with Crippen molar-refractivity contribution in [2.45, 2.75) is 16.7 Å². The minimum absolute atomic E-state index is 0.00715. The smallest absolute Gasteiger partial charge is 0.339 e. The van der Waals surface area contributed by atoms with Crippen LogP contribution in [0.1, 0.15) is 12.5 Å². The highest BCUT2D eigenvalue weighted by Gasteiger charge is 2.19. The Morgan fingerprint density at radius 2 is 1.45 bits per heavy atom. The van der Waals surface area contributed by atoms with Gasteiger partial charge in [0.2, 0.25) is 0 Å². The van der Waals surface area contributed by atoms with E-state index in [2.05, 4.69) is 9.93 Å². The Balaban J connectivity index is 1.79. The molecule has 0 bridgehead atoms. The van der Waals surface area contributed by atoms with E-state index in [9.17, 15) is 16.8 Å². The molecule has 31 heavy (non-hydrogen) atoms. The molecule has 0 saturated carbocycles. The quantitative estimate of drug-likeness (QED) is 0.298. The molecule has 8 nitrogen and oxygen atoms in total. The normalized spacial score (nSPS) is 11.9. The Kier molecular flexibility index (Phi) is 6.93. The summed E-state index contributed by atoms with van der Waals surface area (Å²) in [6, 6.07) is 20.0. The van der Waals surface area contributed by atoms with Gasteiger partial charge < -0.3 is 8.92 Å². The topological polar surface area (TPSA) is 111 Å². The van der Waals surface area contributed by atoms with Crippen molar-refractivity contribution >= 4 is 26.4 Å². The van der Waals surface area contributed by atoms with Crippen LogP contribution in [-0.4, -0.2) is 29.7 Å². The van der Waals surface area contributed by atoms with Crippen LogP contribution >= 0.6 is 0 Å². The Hall–Kier alpha value is -3.37. The van der Waals surface area contributed by atoms with Crippen molar-refractivity contribution in [3.05, 3.63) is 84.4 Å². The summed E-state index contributed by atoms with van der Waals surface area (Å²) in [6.07, 6.45) is 1.28. The third kappa shape index (κ3) is 5.83. The molecule has 0 radical (unpaired) electrons. The number of nitrogens with one attached hydrogen (secondary N) is 1. The van der Waals surface area contributed by atoms with E-state index in [1.807, 2.05) is 0 Å². The fourth-order valence-corrected chi connectivity index (χ4v) is 4.29. The third-order valence-electron chi connectivity index (χ3n) is 3.94. The van der Waals surface area contributed by atoms with Gasteiger partial charge in [-0.25, -0.2) is 4.83 Å². The average Bonchev–Trinajstić information content (AvgIpc) is 2.77. The van der Waals surface area contributed by atoms with Gasteiger partial charge in [-0.3, -0.25) is 0 Å². The summed E-state index contributed by atoms with van der Waals surface area (Å²) < 4.78 is 60.1. The summed E-state index contributed by atoms with van der Waals surface area (Å²) in [7, 11) is -7.84. The van der Waals surface area contributed by atoms with E-state index in [1.54, 1.807) is 43.3 Å². The molecule has 0 heterocycles. The van der Waals surface area contributed by atoms with Gasteiger partial charge in [-0.05, 0) is 55.0 Å². The molecule has 1 N–H and O–H groups in total. The monoisotopic (exact) mass is 460 g/mol. The maximum absolute atomic E-state index is 12.5. The minimum Gasteiger partial charge on any atom is -0.490 e. The first-order valence-corrected chi connectivity index (χ1v) is 12.1. The first-order valence-electron chi connectivity index (χ1n) is 9.18. The molecule has 0 unspecified atom stereocenters. The van der Waals surface area contributed by atoms with Crippen molar-refractivity contribution in [2.75, 3.05) is 6.61 Å². The molecule has 3 aromatic carbocycles. The molecule has 0 spiro atoms. The Morgan fingerprint density at radius 3 is 2.06 bits per heavy atom. The van der Waals surface area contributed by atoms with E-state index in [4.69, 9.17) is 8.92 Å². The number of hydrazone groups is 1.